The van der Waals surface area contributed by atoms with Gasteiger partial charge in [-0.2, -0.15) is 0 Å². The lowest BCUT2D eigenvalue weighted by molar-refractivity contribution is 0.0522. The highest BCUT2D eigenvalue weighted by Crippen LogP contribution is 2.31. The third-order valence-electron chi connectivity index (χ3n) is 3.73. The summed E-state index contributed by atoms with van der Waals surface area (Å²) in [4.78, 5) is 23.8. The lowest BCUT2D eigenvalue weighted by atomic mass is 10.1. The maximum Gasteiger partial charge on any atom is 0.351 e. The first-order chi connectivity index (χ1) is 11.2. The van der Waals surface area contributed by atoms with Crippen molar-refractivity contribution in [3.8, 4) is 0 Å². The van der Waals surface area contributed by atoms with Gasteiger partial charge in [0.2, 0.25) is 0 Å². The molecule has 4 rings (SSSR count). The summed E-state index contributed by atoms with van der Waals surface area (Å²) in [5, 5.41) is 2.42. The summed E-state index contributed by atoms with van der Waals surface area (Å²) in [6.07, 6.45) is 0. The van der Waals surface area contributed by atoms with Gasteiger partial charge >= 0.3 is 11.6 Å². The summed E-state index contributed by atoms with van der Waals surface area (Å²) in [6, 6.07) is 12.6. The second-order valence-corrected chi connectivity index (χ2v) is 5.15. The zero-order chi connectivity index (χ0) is 16.0. The van der Waals surface area contributed by atoms with Crippen LogP contribution in [0.1, 0.15) is 17.3 Å². The van der Waals surface area contributed by atoms with Gasteiger partial charge in [0.25, 0.3) is 0 Å². The van der Waals surface area contributed by atoms with Gasteiger partial charge in [-0.1, -0.05) is 18.2 Å². The first-order valence-electron chi connectivity index (χ1n) is 7.23. The highest BCUT2D eigenvalue weighted by atomic mass is 16.5. The van der Waals surface area contributed by atoms with E-state index < -0.39 is 11.6 Å². The van der Waals surface area contributed by atoms with Crippen molar-refractivity contribution in [2.45, 2.75) is 6.92 Å². The quantitative estimate of drug-likeness (QED) is 0.415. The molecule has 0 N–H and O–H groups in total. The molecule has 0 saturated heterocycles. The van der Waals surface area contributed by atoms with Crippen molar-refractivity contribution < 1.29 is 18.4 Å². The molecule has 2 heterocycles. The maximum absolute atomic E-state index is 12.0. The lowest BCUT2D eigenvalue weighted by Gasteiger charge is -2.02. The Morgan fingerprint density at radius 2 is 1.83 bits per heavy atom. The van der Waals surface area contributed by atoms with Crippen LogP contribution in [0.25, 0.3) is 32.9 Å². The van der Waals surface area contributed by atoms with E-state index in [-0.39, 0.29) is 12.2 Å². The summed E-state index contributed by atoms with van der Waals surface area (Å²) in [5.74, 6) is -0.687. The minimum absolute atomic E-state index is 0.116. The van der Waals surface area contributed by atoms with Crippen LogP contribution in [0.15, 0.2) is 56.1 Å². The monoisotopic (exact) mass is 308 g/mol. The predicted molar refractivity (Wildman–Crippen MR) is 85.7 cm³/mol. The smallest absolute Gasteiger partial charge is 0.351 e. The average molecular weight is 308 g/mol. The van der Waals surface area contributed by atoms with Crippen LogP contribution in [-0.4, -0.2) is 12.6 Å². The van der Waals surface area contributed by atoms with E-state index in [0.717, 1.165) is 16.4 Å². The fraction of sp³-hybridized carbons (Fsp3) is 0.111. The van der Waals surface area contributed by atoms with Crippen molar-refractivity contribution in [3.05, 3.63) is 58.4 Å². The molecule has 0 saturated carbocycles. The van der Waals surface area contributed by atoms with Crippen molar-refractivity contribution in [2.24, 2.45) is 0 Å². The molecule has 0 atom stereocenters. The predicted octanol–water partition coefficient (Wildman–Crippen LogP) is 3.87. The SMILES string of the molecule is CCOC(=O)c1cc2cc3oc4ccccc4c3cc2oc1=O. The van der Waals surface area contributed by atoms with Crippen LogP contribution >= 0.6 is 0 Å². The minimum atomic E-state index is -0.705. The molecule has 0 aliphatic heterocycles. The van der Waals surface area contributed by atoms with Gasteiger partial charge in [-0.3, -0.25) is 0 Å². The van der Waals surface area contributed by atoms with Crippen LogP contribution in [-0.2, 0) is 4.74 Å². The number of benzene rings is 2. The Kier molecular flexibility index (Phi) is 2.94. The van der Waals surface area contributed by atoms with Gasteiger partial charge < -0.3 is 13.6 Å². The molecule has 0 fully saturated rings. The first kappa shape index (κ1) is 13.6. The van der Waals surface area contributed by atoms with Crippen LogP contribution in [0.3, 0.4) is 0 Å². The van der Waals surface area contributed by atoms with Gasteiger partial charge in [-0.05, 0) is 31.2 Å². The summed E-state index contributed by atoms with van der Waals surface area (Å²) in [5.41, 5.74) is 1.01. The molecule has 2 aromatic carbocycles. The fourth-order valence-electron chi connectivity index (χ4n) is 2.69. The number of ether oxygens (including phenoxy) is 1. The Balaban J connectivity index is 2.02. The van der Waals surface area contributed by atoms with Crippen molar-refractivity contribution in [1.29, 1.82) is 0 Å². The number of carbonyl (C=O) groups is 1. The summed E-state index contributed by atoms with van der Waals surface area (Å²) in [6.45, 7) is 1.87. The Bertz CT molecular complexity index is 1120. The van der Waals surface area contributed by atoms with E-state index in [1.165, 1.54) is 6.07 Å². The summed E-state index contributed by atoms with van der Waals surface area (Å²) in [7, 11) is 0. The normalized spacial score (nSPS) is 11.3. The van der Waals surface area contributed by atoms with E-state index in [2.05, 4.69) is 0 Å². The molecule has 0 aliphatic rings. The highest BCUT2D eigenvalue weighted by Gasteiger charge is 2.16. The van der Waals surface area contributed by atoms with Gasteiger partial charge in [0.15, 0.2) is 0 Å². The van der Waals surface area contributed by atoms with E-state index >= 15 is 0 Å². The average Bonchev–Trinajstić information content (AvgIpc) is 2.90. The maximum atomic E-state index is 12.0. The standard InChI is InChI=1S/C18H12O5/c1-2-21-17(19)13-7-10-8-16-12(9-15(10)23-18(13)20)11-5-3-4-6-14(11)22-16/h3-9H,2H2,1H3. The van der Waals surface area contributed by atoms with Crippen LogP contribution in [0.5, 0.6) is 0 Å². The molecule has 0 aliphatic carbocycles. The number of fused-ring (bicyclic) bond motifs is 4. The third-order valence-corrected chi connectivity index (χ3v) is 3.73. The molecule has 23 heavy (non-hydrogen) atoms. The van der Waals surface area contributed by atoms with Crippen molar-refractivity contribution in [2.75, 3.05) is 6.61 Å². The molecule has 0 bridgehead atoms. The van der Waals surface area contributed by atoms with Gasteiger partial charge in [0, 0.05) is 16.2 Å². The third kappa shape index (κ3) is 2.09. The summed E-state index contributed by atoms with van der Waals surface area (Å²) >= 11 is 0. The Labute approximate surface area is 130 Å². The molecule has 2 aromatic heterocycles. The first-order valence-corrected chi connectivity index (χ1v) is 7.23. The van der Waals surface area contributed by atoms with Crippen molar-refractivity contribution >= 4 is 38.9 Å². The molecule has 0 spiro atoms. The largest absolute Gasteiger partial charge is 0.462 e. The molecule has 5 heteroatoms. The number of hydrogen-bond donors (Lipinski definition) is 0. The van der Waals surface area contributed by atoms with Crippen molar-refractivity contribution in [3.63, 3.8) is 0 Å². The molecule has 4 aromatic rings. The molecule has 0 unspecified atom stereocenters. The van der Waals surface area contributed by atoms with Crippen LogP contribution in [0.4, 0.5) is 0 Å². The zero-order valence-corrected chi connectivity index (χ0v) is 12.3. The van der Waals surface area contributed by atoms with Gasteiger partial charge in [0.05, 0.1) is 6.61 Å². The highest BCUT2D eigenvalue weighted by molar-refractivity contribution is 6.09. The van der Waals surface area contributed by atoms with E-state index in [9.17, 15) is 9.59 Å². The van der Waals surface area contributed by atoms with E-state index in [1.807, 2.05) is 24.3 Å². The van der Waals surface area contributed by atoms with E-state index in [1.54, 1.807) is 19.1 Å². The Morgan fingerprint density at radius 1 is 1.00 bits per heavy atom. The molecule has 114 valence electrons. The van der Waals surface area contributed by atoms with Crippen LogP contribution in [0, 0.1) is 0 Å². The second kappa shape index (κ2) is 4.98. The van der Waals surface area contributed by atoms with E-state index in [0.29, 0.717) is 16.6 Å². The Morgan fingerprint density at radius 3 is 2.65 bits per heavy atom. The van der Waals surface area contributed by atoms with Gasteiger partial charge in [0.1, 0.15) is 22.3 Å². The topological polar surface area (TPSA) is 69.7 Å². The van der Waals surface area contributed by atoms with Crippen LogP contribution in [0.2, 0.25) is 0 Å². The number of furan rings is 1. The summed E-state index contributed by atoms with van der Waals surface area (Å²) < 4.78 is 16.0. The zero-order valence-electron chi connectivity index (χ0n) is 12.3. The lowest BCUT2D eigenvalue weighted by Crippen LogP contribution is -2.16. The Hall–Kier alpha value is -3.08. The minimum Gasteiger partial charge on any atom is -0.462 e. The van der Waals surface area contributed by atoms with Crippen molar-refractivity contribution in [1.82, 2.24) is 0 Å². The molecule has 5 nitrogen and oxygen atoms in total. The number of carbonyl (C=O) groups excluding carboxylic acids is 1. The fourth-order valence-corrected chi connectivity index (χ4v) is 2.69. The van der Waals surface area contributed by atoms with Gasteiger partial charge in [-0.15, -0.1) is 0 Å². The molecular weight excluding hydrogens is 296 g/mol. The number of hydrogen-bond acceptors (Lipinski definition) is 5. The number of rotatable bonds is 2. The number of esters is 1. The van der Waals surface area contributed by atoms with Gasteiger partial charge in [-0.25, -0.2) is 9.59 Å². The second-order valence-electron chi connectivity index (χ2n) is 5.15. The number of para-hydroxylation sites is 1. The molecule has 0 amide bonds. The molecular formula is C18H12O5. The van der Waals surface area contributed by atoms with Crippen LogP contribution < -0.4 is 5.63 Å². The van der Waals surface area contributed by atoms with E-state index in [4.69, 9.17) is 13.6 Å². The molecule has 0 radical (unpaired) electrons.